The second-order valence-corrected chi connectivity index (χ2v) is 15.0. The Morgan fingerprint density at radius 2 is 0.797 bits per heavy atom. The summed E-state index contributed by atoms with van der Waals surface area (Å²) >= 11 is 0. The van der Waals surface area contributed by atoms with Gasteiger partial charge in [-0.3, -0.25) is 0 Å². The molecule has 3 heteroatoms. The molecule has 0 radical (unpaired) electrons. The summed E-state index contributed by atoms with van der Waals surface area (Å²) in [5, 5.41) is 16.8. The molecule has 0 aliphatic carbocycles. The predicted molar refractivity (Wildman–Crippen MR) is 245 cm³/mol. The van der Waals surface area contributed by atoms with Gasteiger partial charge in [0, 0.05) is 27.6 Å². The molecule has 11 rings (SSSR count). The fraction of sp³-hybridized carbons (Fsp3) is 0. The van der Waals surface area contributed by atoms with E-state index in [9.17, 15) is 5.26 Å². The second-order valence-electron chi connectivity index (χ2n) is 15.0. The van der Waals surface area contributed by atoms with Crippen LogP contribution < -0.4 is 0 Å². The van der Waals surface area contributed by atoms with Crippen LogP contribution in [-0.2, 0) is 0 Å². The van der Waals surface area contributed by atoms with Crippen molar-refractivity contribution < 1.29 is 0 Å². The van der Waals surface area contributed by atoms with E-state index in [1.54, 1.807) is 0 Å². The van der Waals surface area contributed by atoms with Crippen molar-refractivity contribution in [3.8, 4) is 67.7 Å². The topological polar surface area (TPSA) is 41.6 Å². The fourth-order valence-corrected chi connectivity index (χ4v) is 8.89. The van der Waals surface area contributed by atoms with Crippen molar-refractivity contribution >= 4 is 43.4 Å². The van der Waals surface area contributed by atoms with Crippen LogP contribution in [0.4, 0.5) is 0 Å². The van der Waals surface area contributed by atoms with E-state index in [1.807, 2.05) is 24.3 Å². The number of pyridine rings is 1. The molecule has 0 aliphatic heterocycles. The smallest absolute Gasteiger partial charge is 0.0991 e. The van der Waals surface area contributed by atoms with Gasteiger partial charge in [0.25, 0.3) is 0 Å². The first-order valence-electron chi connectivity index (χ1n) is 19.9. The summed E-state index contributed by atoms with van der Waals surface area (Å²) in [6.45, 7) is 0. The zero-order valence-corrected chi connectivity index (χ0v) is 32.0. The molecule has 0 fully saturated rings. The molecule has 2 heterocycles. The van der Waals surface area contributed by atoms with Gasteiger partial charge >= 0.3 is 0 Å². The van der Waals surface area contributed by atoms with Gasteiger partial charge in [0.1, 0.15) is 0 Å². The van der Waals surface area contributed by atoms with Crippen molar-refractivity contribution in [3.05, 3.63) is 218 Å². The Labute approximate surface area is 342 Å². The number of aromatic nitrogens is 2. The average molecular weight is 750 g/mol. The molecule has 0 unspecified atom stereocenters. The number of nitrogens with zero attached hydrogens (tertiary/aromatic N) is 3. The van der Waals surface area contributed by atoms with Crippen LogP contribution >= 0.6 is 0 Å². The highest BCUT2D eigenvalue weighted by Crippen LogP contribution is 2.46. The van der Waals surface area contributed by atoms with Crippen molar-refractivity contribution in [3.63, 3.8) is 0 Å². The third-order valence-electron chi connectivity index (χ3n) is 11.6. The number of benzene rings is 9. The monoisotopic (exact) mass is 749 g/mol. The SMILES string of the molecule is N#Cc1ccc2c(c1)c1cc(-c3ccc4c(-c5ccccc5)c5cc(-c6cccc(-c7ccccc7)n6)ccc5c(-c5ccccc5)c4c3)ccc1n2-c1ccccc1. The molecular formula is C56H35N3. The zero-order chi connectivity index (χ0) is 39.3. The first-order valence-corrected chi connectivity index (χ1v) is 19.9. The third kappa shape index (κ3) is 5.86. The molecule has 0 N–H and O–H groups in total. The molecule has 59 heavy (non-hydrogen) atoms. The molecule has 0 spiro atoms. The summed E-state index contributed by atoms with van der Waals surface area (Å²) < 4.78 is 2.30. The molecule has 9 aromatic carbocycles. The highest BCUT2D eigenvalue weighted by atomic mass is 15.0. The second kappa shape index (κ2) is 14.2. The lowest BCUT2D eigenvalue weighted by molar-refractivity contribution is 1.18. The van der Waals surface area contributed by atoms with Gasteiger partial charge in [-0.2, -0.15) is 5.26 Å². The Bertz CT molecular complexity index is 3420. The van der Waals surface area contributed by atoms with Gasteiger partial charge < -0.3 is 4.57 Å². The van der Waals surface area contributed by atoms with Crippen LogP contribution in [0.2, 0.25) is 0 Å². The van der Waals surface area contributed by atoms with Crippen LogP contribution in [0.25, 0.3) is 105 Å². The van der Waals surface area contributed by atoms with E-state index in [0.29, 0.717) is 5.56 Å². The van der Waals surface area contributed by atoms with Crippen molar-refractivity contribution in [2.75, 3.05) is 0 Å². The summed E-state index contributed by atoms with van der Waals surface area (Å²) in [5.74, 6) is 0. The molecule has 0 amide bonds. The van der Waals surface area contributed by atoms with Gasteiger partial charge in [0.05, 0.1) is 34.1 Å². The highest BCUT2D eigenvalue weighted by molar-refractivity contribution is 6.22. The number of fused-ring (bicyclic) bond motifs is 5. The van der Waals surface area contributed by atoms with Gasteiger partial charge in [-0.25, -0.2) is 4.98 Å². The molecule has 0 saturated heterocycles. The molecule has 2 aromatic heterocycles. The summed E-state index contributed by atoms with van der Waals surface area (Å²) in [4.78, 5) is 5.16. The molecule has 0 bridgehead atoms. The van der Waals surface area contributed by atoms with Crippen LogP contribution in [0.3, 0.4) is 0 Å². The fourth-order valence-electron chi connectivity index (χ4n) is 8.89. The number of nitriles is 1. The zero-order valence-electron chi connectivity index (χ0n) is 32.0. The minimum atomic E-state index is 0.649. The Morgan fingerprint density at radius 3 is 1.39 bits per heavy atom. The minimum Gasteiger partial charge on any atom is -0.309 e. The van der Waals surface area contributed by atoms with Crippen LogP contribution in [0.15, 0.2) is 212 Å². The number of para-hydroxylation sites is 1. The van der Waals surface area contributed by atoms with Gasteiger partial charge in [-0.15, -0.1) is 0 Å². The van der Waals surface area contributed by atoms with Gasteiger partial charge in [0.2, 0.25) is 0 Å². The largest absolute Gasteiger partial charge is 0.309 e. The first-order chi connectivity index (χ1) is 29.2. The van der Waals surface area contributed by atoms with Crippen molar-refractivity contribution in [1.29, 1.82) is 5.26 Å². The van der Waals surface area contributed by atoms with Crippen LogP contribution in [0.5, 0.6) is 0 Å². The van der Waals surface area contributed by atoms with Crippen molar-refractivity contribution in [2.45, 2.75) is 0 Å². The number of hydrogen-bond acceptors (Lipinski definition) is 2. The maximum Gasteiger partial charge on any atom is 0.0991 e. The Kier molecular flexibility index (Phi) is 8.20. The quantitative estimate of drug-likeness (QED) is 0.159. The molecule has 0 aliphatic rings. The normalized spacial score (nSPS) is 11.4. The van der Waals surface area contributed by atoms with Gasteiger partial charge in [-0.05, 0) is 122 Å². The van der Waals surface area contributed by atoms with Crippen LogP contribution in [-0.4, -0.2) is 9.55 Å². The first kappa shape index (κ1) is 34.2. The number of hydrogen-bond donors (Lipinski definition) is 0. The highest BCUT2D eigenvalue weighted by Gasteiger charge is 2.20. The van der Waals surface area contributed by atoms with Crippen LogP contribution in [0, 0.1) is 11.3 Å². The lowest BCUT2D eigenvalue weighted by Crippen LogP contribution is -1.94. The van der Waals surface area contributed by atoms with E-state index < -0.39 is 0 Å². The van der Waals surface area contributed by atoms with Crippen LogP contribution in [0.1, 0.15) is 5.56 Å². The molecule has 11 aromatic rings. The van der Waals surface area contributed by atoms with E-state index in [0.717, 1.165) is 61.1 Å². The van der Waals surface area contributed by atoms with Gasteiger partial charge in [-0.1, -0.05) is 146 Å². The van der Waals surface area contributed by atoms with E-state index in [2.05, 4.69) is 199 Å². The van der Waals surface area contributed by atoms with Crippen molar-refractivity contribution in [1.82, 2.24) is 9.55 Å². The van der Waals surface area contributed by atoms with E-state index in [4.69, 9.17) is 4.98 Å². The molecule has 274 valence electrons. The lowest BCUT2D eigenvalue weighted by atomic mass is 9.84. The third-order valence-corrected chi connectivity index (χ3v) is 11.6. The molecular weight excluding hydrogens is 715 g/mol. The summed E-state index contributed by atoms with van der Waals surface area (Å²) in [5.41, 5.74) is 15.0. The number of rotatable bonds is 6. The average Bonchev–Trinajstić information content (AvgIpc) is 3.64. The van der Waals surface area contributed by atoms with E-state index in [-0.39, 0.29) is 0 Å². The summed E-state index contributed by atoms with van der Waals surface area (Å²) in [6, 6.07) is 77.6. The Morgan fingerprint density at radius 1 is 0.339 bits per heavy atom. The molecule has 0 saturated carbocycles. The minimum absolute atomic E-state index is 0.649. The molecule has 3 nitrogen and oxygen atoms in total. The van der Waals surface area contributed by atoms with E-state index >= 15 is 0 Å². The maximum absolute atomic E-state index is 9.89. The van der Waals surface area contributed by atoms with Crippen molar-refractivity contribution in [2.24, 2.45) is 0 Å². The maximum atomic E-state index is 9.89. The Balaban J connectivity index is 1.16. The summed E-state index contributed by atoms with van der Waals surface area (Å²) in [7, 11) is 0. The Hall–Kier alpha value is -8.06. The predicted octanol–water partition coefficient (Wildman–Crippen LogP) is 14.7. The summed E-state index contributed by atoms with van der Waals surface area (Å²) in [6.07, 6.45) is 0. The standard InChI is InChI=1S/C56H35N3/c57-36-37-24-30-53-47(32-37)48-33-42(27-31-54(48)59(53)44-20-11-4-12-21-44)41-25-28-45-49(34-41)55(39-16-7-2-8-17-39)46-29-26-43(35-50(46)56(45)40-18-9-3-10-19-40)52-23-13-22-51(58-52)38-14-5-1-6-15-38/h1-35H. The van der Waals surface area contributed by atoms with E-state index in [1.165, 1.54) is 43.8 Å². The lowest BCUT2D eigenvalue weighted by Gasteiger charge is -2.19. The molecule has 0 atom stereocenters. The van der Waals surface area contributed by atoms with Gasteiger partial charge in [0.15, 0.2) is 0 Å².